The van der Waals surface area contributed by atoms with Crippen molar-refractivity contribution >= 4 is 39.1 Å². The first-order valence-electron chi connectivity index (χ1n) is 12.9. The average molecular weight is 586 g/mol. The van der Waals surface area contributed by atoms with Crippen molar-refractivity contribution in [2.45, 2.75) is 58.1 Å². The Bertz CT molecular complexity index is 1460. The van der Waals surface area contributed by atoms with E-state index in [2.05, 4.69) is 5.32 Å². The van der Waals surface area contributed by atoms with Gasteiger partial charge in [-0.2, -0.15) is 0 Å². The van der Waals surface area contributed by atoms with Crippen LogP contribution in [-0.4, -0.2) is 50.9 Å². The number of sulfonamides is 1. The van der Waals surface area contributed by atoms with E-state index in [9.17, 15) is 18.0 Å². The summed E-state index contributed by atoms with van der Waals surface area (Å²) >= 11 is 6.27. The molecular formula is C30H36ClN3O5S. The fourth-order valence-corrected chi connectivity index (χ4v) is 5.79. The Morgan fingerprint density at radius 1 is 0.975 bits per heavy atom. The number of methoxy groups -OCH3 is 1. The number of carbonyl (C=O) groups excluding carboxylic acids is 2. The molecule has 0 spiro atoms. The van der Waals surface area contributed by atoms with Gasteiger partial charge in [0, 0.05) is 17.6 Å². The fraction of sp³-hybridized carbons (Fsp3) is 0.333. The van der Waals surface area contributed by atoms with E-state index in [0.717, 1.165) is 15.4 Å². The Labute approximate surface area is 241 Å². The summed E-state index contributed by atoms with van der Waals surface area (Å²) in [5.74, 6) is -0.301. The lowest BCUT2D eigenvalue weighted by molar-refractivity contribution is -0.139. The minimum Gasteiger partial charge on any atom is -0.497 e. The number of hydrogen-bond acceptors (Lipinski definition) is 5. The number of aryl methyl sites for hydroxylation is 2. The van der Waals surface area contributed by atoms with Crippen molar-refractivity contribution in [3.05, 3.63) is 88.4 Å². The van der Waals surface area contributed by atoms with E-state index >= 15 is 0 Å². The Morgan fingerprint density at radius 3 is 2.27 bits per heavy atom. The van der Waals surface area contributed by atoms with Crippen LogP contribution in [0.5, 0.6) is 5.75 Å². The van der Waals surface area contributed by atoms with Crippen molar-refractivity contribution in [2.24, 2.45) is 0 Å². The van der Waals surface area contributed by atoms with Gasteiger partial charge >= 0.3 is 0 Å². The molecule has 1 atom stereocenters. The Kier molecular flexibility index (Phi) is 10.2. The number of halogens is 1. The third-order valence-electron chi connectivity index (χ3n) is 6.41. The first-order chi connectivity index (χ1) is 18.8. The number of benzene rings is 3. The molecule has 0 aliphatic carbocycles. The monoisotopic (exact) mass is 585 g/mol. The summed E-state index contributed by atoms with van der Waals surface area (Å²) in [6.07, 6.45) is 0. The molecule has 0 saturated heterocycles. The minimum absolute atomic E-state index is 0.0372. The third-order valence-corrected chi connectivity index (χ3v) is 8.42. The molecule has 0 aromatic heterocycles. The van der Waals surface area contributed by atoms with Gasteiger partial charge in [-0.25, -0.2) is 8.42 Å². The zero-order chi connectivity index (χ0) is 29.6. The van der Waals surface area contributed by atoms with Crippen molar-refractivity contribution < 1.29 is 22.7 Å². The number of carbonyl (C=O) groups is 2. The highest BCUT2D eigenvalue weighted by Crippen LogP contribution is 2.30. The second-order valence-electron chi connectivity index (χ2n) is 9.97. The largest absolute Gasteiger partial charge is 0.497 e. The van der Waals surface area contributed by atoms with E-state index in [1.54, 1.807) is 63.4 Å². The van der Waals surface area contributed by atoms with Gasteiger partial charge in [0.2, 0.25) is 11.8 Å². The van der Waals surface area contributed by atoms with Crippen LogP contribution in [0.3, 0.4) is 0 Å². The topological polar surface area (TPSA) is 96.0 Å². The number of hydrogen-bond donors (Lipinski definition) is 1. The van der Waals surface area contributed by atoms with Crippen molar-refractivity contribution in [1.82, 2.24) is 10.2 Å². The molecule has 0 bridgehead atoms. The number of anilines is 1. The van der Waals surface area contributed by atoms with Crippen LogP contribution < -0.4 is 14.4 Å². The van der Waals surface area contributed by atoms with E-state index in [1.807, 2.05) is 26.8 Å². The Morgan fingerprint density at radius 2 is 1.65 bits per heavy atom. The molecule has 3 rings (SSSR count). The Balaban J connectivity index is 2.08. The van der Waals surface area contributed by atoms with Crippen LogP contribution in [0.25, 0.3) is 0 Å². The predicted molar refractivity (Wildman–Crippen MR) is 158 cm³/mol. The number of nitrogens with zero attached hydrogens (tertiary/aromatic N) is 2. The van der Waals surface area contributed by atoms with Crippen LogP contribution in [0.1, 0.15) is 37.5 Å². The van der Waals surface area contributed by atoms with Gasteiger partial charge in [0.15, 0.2) is 0 Å². The molecule has 0 aliphatic rings. The molecule has 1 N–H and O–H groups in total. The van der Waals surface area contributed by atoms with E-state index in [-0.39, 0.29) is 29.1 Å². The highest BCUT2D eigenvalue weighted by Gasteiger charge is 2.33. The van der Waals surface area contributed by atoms with Crippen LogP contribution >= 0.6 is 11.6 Å². The van der Waals surface area contributed by atoms with Gasteiger partial charge in [-0.1, -0.05) is 47.5 Å². The zero-order valence-electron chi connectivity index (χ0n) is 23.6. The average Bonchev–Trinajstić information content (AvgIpc) is 2.91. The third kappa shape index (κ3) is 7.55. The van der Waals surface area contributed by atoms with Crippen molar-refractivity contribution in [3.8, 4) is 5.75 Å². The van der Waals surface area contributed by atoms with Gasteiger partial charge in [0.1, 0.15) is 18.3 Å². The second-order valence-corrected chi connectivity index (χ2v) is 12.3. The van der Waals surface area contributed by atoms with Gasteiger partial charge in [-0.3, -0.25) is 13.9 Å². The molecule has 0 radical (unpaired) electrons. The quantitative estimate of drug-likeness (QED) is 0.338. The van der Waals surface area contributed by atoms with Crippen LogP contribution in [0.4, 0.5) is 5.69 Å². The summed E-state index contributed by atoms with van der Waals surface area (Å²) in [6.45, 7) is 8.42. The molecule has 214 valence electrons. The summed E-state index contributed by atoms with van der Waals surface area (Å²) < 4.78 is 34.3. The van der Waals surface area contributed by atoms with Crippen LogP contribution in [-0.2, 0) is 26.2 Å². The molecule has 0 fully saturated rings. The highest BCUT2D eigenvalue weighted by molar-refractivity contribution is 7.92. The molecule has 0 aliphatic heterocycles. The summed E-state index contributed by atoms with van der Waals surface area (Å²) in [4.78, 5) is 28.5. The molecule has 10 heteroatoms. The molecular weight excluding hydrogens is 550 g/mol. The minimum atomic E-state index is -4.18. The first-order valence-corrected chi connectivity index (χ1v) is 14.7. The number of ether oxygens (including phenoxy) is 1. The smallest absolute Gasteiger partial charge is 0.264 e. The maximum atomic E-state index is 14.0. The van der Waals surface area contributed by atoms with Crippen LogP contribution in [0, 0.1) is 13.8 Å². The molecule has 1 unspecified atom stereocenters. The van der Waals surface area contributed by atoms with E-state index < -0.39 is 28.5 Å². The highest BCUT2D eigenvalue weighted by atomic mass is 35.5. The molecule has 8 nitrogen and oxygen atoms in total. The first kappa shape index (κ1) is 31.0. The maximum Gasteiger partial charge on any atom is 0.264 e. The predicted octanol–water partition coefficient (Wildman–Crippen LogP) is 5.10. The van der Waals surface area contributed by atoms with Crippen molar-refractivity contribution in [3.63, 3.8) is 0 Å². The van der Waals surface area contributed by atoms with E-state index in [4.69, 9.17) is 16.3 Å². The standard InChI is InChI=1S/C30H36ClN3O5S/c1-20(2)32-30(36)23(5)33(18-24-8-7-9-26(16-24)39-6)29(35)19-34(28-17-25(31)13-12-22(28)4)40(37,38)27-14-10-21(3)11-15-27/h7-17,20,23H,18-19H2,1-6H3,(H,32,36). The lowest BCUT2D eigenvalue weighted by Crippen LogP contribution is -2.52. The molecule has 0 heterocycles. The normalized spacial score (nSPS) is 12.1. The number of rotatable bonds is 11. The summed E-state index contributed by atoms with van der Waals surface area (Å²) in [6, 6.07) is 17.4. The fourth-order valence-electron chi connectivity index (χ4n) is 4.16. The van der Waals surface area contributed by atoms with Crippen molar-refractivity contribution in [1.29, 1.82) is 0 Å². The number of nitrogens with one attached hydrogen (secondary N) is 1. The second kappa shape index (κ2) is 13.2. The molecule has 0 saturated carbocycles. The number of amides is 2. The lowest BCUT2D eigenvalue weighted by atomic mass is 10.1. The summed E-state index contributed by atoms with van der Waals surface area (Å²) in [5, 5.41) is 3.17. The van der Waals surface area contributed by atoms with Gasteiger partial charge in [-0.05, 0) is 82.1 Å². The van der Waals surface area contributed by atoms with Crippen molar-refractivity contribution in [2.75, 3.05) is 18.0 Å². The molecule has 40 heavy (non-hydrogen) atoms. The van der Waals surface area contributed by atoms with Crippen LogP contribution in [0.2, 0.25) is 5.02 Å². The lowest BCUT2D eigenvalue weighted by Gasteiger charge is -2.32. The summed E-state index contributed by atoms with van der Waals surface area (Å²) in [7, 11) is -2.64. The molecule has 3 aromatic rings. The van der Waals surface area contributed by atoms with E-state index in [1.165, 1.54) is 23.1 Å². The van der Waals surface area contributed by atoms with Gasteiger partial charge in [0.05, 0.1) is 17.7 Å². The van der Waals surface area contributed by atoms with Gasteiger partial charge in [-0.15, -0.1) is 0 Å². The molecule has 2 amide bonds. The van der Waals surface area contributed by atoms with Gasteiger partial charge in [0.25, 0.3) is 10.0 Å². The maximum absolute atomic E-state index is 14.0. The van der Waals surface area contributed by atoms with Gasteiger partial charge < -0.3 is 15.0 Å². The zero-order valence-corrected chi connectivity index (χ0v) is 25.2. The SMILES string of the molecule is COc1cccc(CN(C(=O)CN(c2cc(Cl)ccc2C)S(=O)(=O)c2ccc(C)cc2)C(C)C(=O)NC(C)C)c1. The Hall–Kier alpha value is -3.56. The van der Waals surface area contributed by atoms with Crippen LogP contribution in [0.15, 0.2) is 71.6 Å². The summed E-state index contributed by atoms with van der Waals surface area (Å²) in [5.41, 5.74) is 2.53. The molecule has 3 aromatic carbocycles. The van der Waals surface area contributed by atoms with E-state index in [0.29, 0.717) is 16.3 Å².